The van der Waals surface area contributed by atoms with Gasteiger partial charge < -0.3 is 5.11 Å². The van der Waals surface area contributed by atoms with Gasteiger partial charge in [-0.2, -0.15) is 0 Å². The summed E-state index contributed by atoms with van der Waals surface area (Å²) in [6, 6.07) is 1.59. The maximum atomic E-state index is 12.3. The van der Waals surface area contributed by atoms with Gasteiger partial charge in [0.15, 0.2) is 0 Å². The summed E-state index contributed by atoms with van der Waals surface area (Å²) in [7, 11) is 0. The first-order valence-corrected chi connectivity index (χ1v) is 7.49. The van der Waals surface area contributed by atoms with Crippen LogP contribution in [0.15, 0.2) is 10.9 Å². The summed E-state index contributed by atoms with van der Waals surface area (Å²) in [4.78, 5) is 33.7. The SMILES string of the molecule is Cc1cc(CC2CCCCC2)c([N+](=O)[O-])c(=O)n1CC(=O)O. The highest BCUT2D eigenvalue weighted by Crippen LogP contribution is 2.29. The molecule has 7 heteroatoms. The Morgan fingerprint density at radius 1 is 1.41 bits per heavy atom. The van der Waals surface area contributed by atoms with Gasteiger partial charge in [-0.1, -0.05) is 32.1 Å². The average molecular weight is 308 g/mol. The van der Waals surface area contributed by atoms with Crippen molar-refractivity contribution in [3.63, 3.8) is 0 Å². The van der Waals surface area contributed by atoms with E-state index >= 15 is 0 Å². The maximum absolute atomic E-state index is 12.3. The van der Waals surface area contributed by atoms with E-state index in [9.17, 15) is 19.7 Å². The van der Waals surface area contributed by atoms with Crippen molar-refractivity contribution < 1.29 is 14.8 Å². The Balaban J connectivity index is 2.42. The Bertz CT molecular complexity index is 644. The van der Waals surface area contributed by atoms with E-state index in [1.54, 1.807) is 13.0 Å². The van der Waals surface area contributed by atoms with Crippen molar-refractivity contribution in [1.29, 1.82) is 0 Å². The van der Waals surface area contributed by atoms with E-state index in [-0.39, 0.29) is 0 Å². The van der Waals surface area contributed by atoms with Crippen LogP contribution in [0.2, 0.25) is 0 Å². The molecule has 1 aromatic heterocycles. The Morgan fingerprint density at radius 2 is 2.05 bits per heavy atom. The number of hydrogen-bond acceptors (Lipinski definition) is 4. The number of nitro groups is 1. The monoisotopic (exact) mass is 308 g/mol. The first-order valence-electron chi connectivity index (χ1n) is 7.49. The van der Waals surface area contributed by atoms with Gasteiger partial charge in [0.1, 0.15) is 6.54 Å². The van der Waals surface area contributed by atoms with Gasteiger partial charge in [-0.05, 0) is 25.3 Å². The predicted molar refractivity (Wildman–Crippen MR) is 80.0 cm³/mol. The highest BCUT2D eigenvalue weighted by molar-refractivity contribution is 5.66. The first kappa shape index (κ1) is 16.2. The van der Waals surface area contributed by atoms with Gasteiger partial charge in [0.2, 0.25) is 0 Å². The normalized spacial score (nSPS) is 15.7. The second-order valence-corrected chi connectivity index (χ2v) is 5.91. The summed E-state index contributed by atoms with van der Waals surface area (Å²) in [5, 5.41) is 20.1. The van der Waals surface area contributed by atoms with Crippen LogP contribution in [0.4, 0.5) is 5.69 Å². The van der Waals surface area contributed by atoms with Crippen LogP contribution in [0.1, 0.15) is 43.4 Å². The molecule has 7 nitrogen and oxygen atoms in total. The van der Waals surface area contributed by atoms with Crippen LogP contribution in [0.3, 0.4) is 0 Å². The van der Waals surface area contributed by atoms with E-state index in [4.69, 9.17) is 5.11 Å². The minimum Gasteiger partial charge on any atom is -0.480 e. The van der Waals surface area contributed by atoms with Gasteiger partial charge in [0, 0.05) is 11.3 Å². The highest BCUT2D eigenvalue weighted by Gasteiger charge is 2.26. The minimum atomic E-state index is -1.19. The fourth-order valence-corrected chi connectivity index (χ4v) is 3.21. The number of carbonyl (C=O) groups is 1. The molecular weight excluding hydrogens is 288 g/mol. The quantitative estimate of drug-likeness (QED) is 0.664. The zero-order chi connectivity index (χ0) is 16.3. The molecule has 0 amide bonds. The van der Waals surface area contributed by atoms with E-state index < -0.39 is 28.7 Å². The maximum Gasteiger partial charge on any atom is 0.337 e. The molecule has 0 aliphatic heterocycles. The van der Waals surface area contributed by atoms with Gasteiger partial charge in [0.25, 0.3) is 0 Å². The van der Waals surface area contributed by atoms with Crippen molar-refractivity contribution in [1.82, 2.24) is 4.57 Å². The average Bonchev–Trinajstić information content (AvgIpc) is 2.43. The third-order valence-corrected chi connectivity index (χ3v) is 4.27. The molecule has 0 saturated heterocycles. The molecule has 1 heterocycles. The number of aromatic nitrogens is 1. The van der Waals surface area contributed by atoms with Crippen LogP contribution in [0, 0.1) is 23.0 Å². The molecular formula is C15H20N2O5. The van der Waals surface area contributed by atoms with Gasteiger partial charge in [0.05, 0.1) is 4.92 Å². The zero-order valence-electron chi connectivity index (χ0n) is 12.6. The number of rotatable bonds is 5. The molecule has 0 bridgehead atoms. The molecule has 22 heavy (non-hydrogen) atoms. The lowest BCUT2D eigenvalue weighted by Crippen LogP contribution is -2.29. The molecule has 1 aliphatic carbocycles. The first-order chi connectivity index (χ1) is 10.4. The van der Waals surface area contributed by atoms with Crippen molar-refractivity contribution in [2.45, 2.75) is 52.0 Å². The Morgan fingerprint density at radius 3 is 2.59 bits per heavy atom. The molecule has 1 aromatic rings. The lowest BCUT2D eigenvalue weighted by molar-refractivity contribution is -0.387. The third-order valence-electron chi connectivity index (χ3n) is 4.27. The van der Waals surface area contributed by atoms with Crippen LogP contribution in [-0.2, 0) is 17.8 Å². The van der Waals surface area contributed by atoms with Crippen molar-refractivity contribution in [3.05, 3.63) is 37.8 Å². The number of aryl methyl sites for hydroxylation is 1. The molecule has 0 radical (unpaired) electrons. The summed E-state index contributed by atoms with van der Waals surface area (Å²) in [6.07, 6.45) is 5.99. The van der Waals surface area contributed by atoms with Crippen LogP contribution < -0.4 is 5.56 Å². The second kappa shape index (κ2) is 6.72. The minimum absolute atomic E-state index is 0.363. The summed E-state index contributed by atoms with van der Waals surface area (Å²) in [6.45, 7) is 1.05. The second-order valence-electron chi connectivity index (χ2n) is 5.91. The van der Waals surface area contributed by atoms with E-state index in [1.807, 2.05) is 0 Å². The van der Waals surface area contributed by atoms with Crippen LogP contribution in [0.25, 0.3) is 0 Å². The summed E-state index contributed by atoms with van der Waals surface area (Å²) < 4.78 is 0.949. The molecule has 0 aromatic carbocycles. The van der Waals surface area contributed by atoms with Crippen LogP contribution >= 0.6 is 0 Å². The van der Waals surface area contributed by atoms with Gasteiger partial charge in [-0.25, -0.2) is 0 Å². The number of carboxylic acids is 1. The van der Waals surface area contributed by atoms with Crippen molar-refractivity contribution in [3.8, 4) is 0 Å². The lowest BCUT2D eigenvalue weighted by atomic mass is 9.84. The number of carboxylic acid groups (broad SMARTS) is 1. The molecule has 1 N–H and O–H groups in total. The van der Waals surface area contributed by atoms with E-state index in [1.165, 1.54) is 6.42 Å². The molecule has 0 atom stereocenters. The molecule has 2 rings (SSSR count). The van der Waals surface area contributed by atoms with Crippen molar-refractivity contribution in [2.24, 2.45) is 5.92 Å². The van der Waals surface area contributed by atoms with Crippen LogP contribution in [0.5, 0.6) is 0 Å². The fourth-order valence-electron chi connectivity index (χ4n) is 3.21. The van der Waals surface area contributed by atoms with Crippen molar-refractivity contribution in [2.75, 3.05) is 0 Å². The molecule has 1 fully saturated rings. The number of aliphatic carboxylic acids is 1. The predicted octanol–water partition coefficient (Wildman–Crippen LogP) is 2.27. The summed E-state index contributed by atoms with van der Waals surface area (Å²) in [5.74, 6) is -0.832. The molecule has 1 saturated carbocycles. The van der Waals surface area contributed by atoms with Gasteiger partial charge >= 0.3 is 17.2 Å². The van der Waals surface area contributed by atoms with E-state index in [0.29, 0.717) is 23.6 Å². The number of nitrogens with zero attached hydrogens (tertiary/aromatic N) is 2. The largest absolute Gasteiger partial charge is 0.480 e. The van der Waals surface area contributed by atoms with Crippen molar-refractivity contribution >= 4 is 11.7 Å². The van der Waals surface area contributed by atoms with Gasteiger partial charge in [-0.15, -0.1) is 0 Å². The Labute approximate surface area is 127 Å². The fraction of sp³-hybridized carbons (Fsp3) is 0.600. The van der Waals surface area contributed by atoms with Crippen LogP contribution in [-0.4, -0.2) is 20.6 Å². The molecule has 1 aliphatic rings. The Kier molecular flexibility index (Phi) is 4.95. The smallest absolute Gasteiger partial charge is 0.337 e. The Hall–Kier alpha value is -2.18. The summed E-state index contributed by atoms with van der Waals surface area (Å²) >= 11 is 0. The highest BCUT2D eigenvalue weighted by atomic mass is 16.6. The third kappa shape index (κ3) is 3.52. The molecule has 120 valence electrons. The van der Waals surface area contributed by atoms with Gasteiger partial charge in [-0.3, -0.25) is 24.3 Å². The standard InChI is InChI=1S/C15H20N2O5/c1-10-7-12(8-11-5-3-2-4-6-11)14(17(21)22)15(20)16(10)9-13(18)19/h7,11H,2-6,8-9H2,1H3,(H,18,19). The topological polar surface area (TPSA) is 102 Å². The van der Waals surface area contributed by atoms with E-state index in [0.717, 1.165) is 30.3 Å². The lowest BCUT2D eigenvalue weighted by Gasteiger charge is -2.21. The van der Waals surface area contributed by atoms with E-state index in [2.05, 4.69) is 0 Å². The summed E-state index contributed by atoms with van der Waals surface area (Å²) in [5.41, 5.74) is -0.416. The number of hydrogen-bond donors (Lipinski definition) is 1. The molecule has 0 unspecified atom stereocenters. The number of pyridine rings is 1. The zero-order valence-corrected chi connectivity index (χ0v) is 12.6. The molecule has 0 spiro atoms.